The van der Waals surface area contributed by atoms with Crippen molar-refractivity contribution in [2.45, 2.75) is 32.4 Å². The van der Waals surface area contributed by atoms with Crippen LogP contribution in [0, 0.1) is 6.92 Å². The summed E-state index contributed by atoms with van der Waals surface area (Å²) in [5.74, 6) is 0.583. The number of anilines is 1. The Balaban J connectivity index is 1.72. The zero-order valence-corrected chi connectivity index (χ0v) is 14.5. The molecule has 1 aliphatic rings. The van der Waals surface area contributed by atoms with Gasteiger partial charge in [0.15, 0.2) is 0 Å². The number of nitrogens with zero attached hydrogens (tertiary/aromatic N) is 1. The molecular weight excluding hydrogens is 316 g/mol. The van der Waals surface area contributed by atoms with Crippen LogP contribution in [0.2, 0.25) is 0 Å². The number of para-hydroxylation sites is 1. The molecule has 0 aliphatic carbocycles. The zero-order chi connectivity index (χ0) is 17.8. The maximum Gasteiger partial charge on any atom is 0.243 e. The van der Waals surface area contributed by atoms with Crippen LogP contribution >= 0.6 is 0 Å². The van der Waals surface area contributed by atoms with Crippen molar-refractivity contribution in [1.82, 2.24) is 5.32 Å². The van der Waals surface area contributed by atoms with E-state index in [1.54, 1.807) is 12.0 Å². The Morgan fingerprint density at radius 3 is 2.64 bits per heavy atom. The number of benzene rings is 2. The monoisotopic (exact) mass is 338 g/mol. The average Bonchev–Trinajstić information content (AvgIpc) is 3.02. The molecule has 130 valence electrons. The Hall–Kier alpha value is -2.82. The molecule has 2 aromatic rings. The minimum atomic E-state index is -0.468. The normalized spacial score (nSPS) is 16.8. The van der Waals surface area contributed by atoms with Gasteiger partial charge in [-0.2, -0.15) is 0 Å². The van der Waals surface area contributed by atoms with Crippen molar-refractivity contribution >= 4 is 17.5 Å². The van der Waals surface area contributed by atoms with E-state index in [0.717, 1.165) is 22.6 Å². The SMILES string of the molecule is COc1ccccc1CNC(=O)C1CCC(=O)N1c1ccc(C)cc1. The van der Waals surface area contributed by atoms with Crippen LogP contribution in [0.1, 0.15) is 24.0 Å². The van der Waals surface area contributed by atoms with E-state index in [-0.39, 0.29) is 11.8 Å². The number of ether oxygens (including phenoxy) is 1. The lowest BCUT2D eigenvalue weighted by Crippen LogP contribution is -2.44. The molecule has 1 unspecified atom stereocenters. The van der Waals surface area contributed by atoms with Crippen LogP contribution in [0.25, 0.3) is 0 Å². The molecule has 1 N–H and O–H groups in total. The summed E-state index contributed by atoms with van der Waals surface area (Å²) in [4.78, 5) is 26.6. The van der Waals surface area contributed by atoms with E-state index >= 15 is 0 Å². The Morgan fingerprint density at radius 1 is 1.20 bits per heavy atom. The number of aryl methyl sites for hydroxylation is 1. The zero-order valence-electron chi connectivity index (χ0n) is 14.5. The first-order valence-corrected chi connectivity index (χ1v) is 8.38. The van der Waals surface area contributed by atoms with Gasteiger partial charge in [0.1, 0.15) is 11.8 Å². The molecule has 1 atom stereocenters. The number of methoxy groups -OCH3 is 1. The van der Waals surface area contributed by atoms with E-state index in [2.05, 4.69) is 5.32 Å². The molecule has 0 aromatic heterocycles. The molecule has 2 amide bonds. The summed E-state index contributed by atoms with van der Waals surface area (Å²) in [6, 6.07) is 14.8. The molecule has 25 heavy (non-hydrogen) atoms. The summed E-state index contributed by atoms with van der Waals surface area (Å²) in [5.41, 5.74) is 2.79. The number of carbonyl (C=O) groups is 2. The van der Waals surface area contributed by atoms with Gasteiger partial charge in [-0.05, 0) is 31.5 Å². The van der Waals surface area contributed by atoms with Gasteiger partial charge in [-0.25, -0.2) is 0 Å². The first-order valence-electron chi connectivity index (χ1n) is 8.38. The fraction of sp³-hybridized carbons (Fsp3) is 0.300. The largest absolute Gasteiger partial charge is 0.496 e. The molecule has 5 nitrogen and oxygen atoms in total. The highest BCUT2D eigenvalue weighted by atomic mass is 16.5. The number of carbonyl (C=O) groups excluding carboxylic acids is 2. The molecule has 5 heteroatoms. The highest BCUT2D eigenvalue weighted by molar-refractivity contribution is 6.03. The molecule has 0 radical (unpaired) electrons. The fourth-order valence-corrected chi connectivity index (χ4v) is 3.11. The molecule has 1 heterocycles. The van der Waals surface area contributed by atoms with Crippen molar-refractivity contribution in [3.8, 4) is 5.75 Å². The first-order chi connectivity index (χ1) is 12.1. The lowest BCUT2D eigenvalue weighted by Gasteiger charge is -2.24. The number of nitrogens with one attached hydrogen (secondary N) is 1. The third-order valence-corrected chi connectivity index (χ3v) is 4.47. The fourth-order valence-electron chi connectivity index (χ4n) is 3.11. The topological polar surface area (TPSA) is 58.6 Å². The van der Waals surface area contributed by atoms with Gasteiger partial charge in [-0.3, -0.25) is 14.5 Å². The second-order valence-corrected chi connectivity index (χ2v) is 6.18. The van der Waals surface area contributed by atoms with Crippen molar-refractivity contribution < 1.29 is 14.3 Å². The van der Waals surface area contributed by atoms with E-state index in [1.165, 1.54) is 0 Å². The van der Waals surface area contributed by atoms with Gasteiger partial charge < -0.3 is 10.1 Å². The lowest BCUT2D eigenvalue weighted by atomic mass is 10.1. The Labute approximate surface area is 147 Å². The van der Waals surface area contributed by atoms with Gasteiger partial charge in [0, 0.05) is 24.2 Å². The predicted octanol–water partition coefficient (Wildman–Crippen LogP) is 2.82. The van der Waals surface area contributed by atoms with E-state index in [1.807, 2.05) is 55.5 Å². The molecule has 0 spiro atoms. The van der Waals surface area contributed by atoms with Crippen molar-refractivity contribution in [3.63, 3.8) is 0 Å². The van der Waals surface area contributed by atoms with Crippen LogP contribution in [-0.2, 0) is 16.1 Å². The van der Waals surface area contributed by atoms with Crippen LogP contribution in [0.3, 0.4) is 0 Å². The summed E-state index contributed by atoms with van der Waals surface area (Å²) < 4.78 is 5.31. The van der Waals surface area contributed by atoms with E-state index in [0.29, 0.717) is 19.4 Å². The molecule has 1 saturated heterocycles. The predicted molar refractivity (Wildman–Crippen MR) is 96.5 cm³/mol. The van der Waals surface area contributed by atoms with Crippen LogP contribution in [0.15, 0.2) is 48.5 Å². The summed E-state index contributed by atoms with van der Waals surface area (Å²) in [5, 5.41) is 2.93. The van der Waals surface area contributed by atoms with E-state index in [4.69, 9.17) is 4.74 Å². The van der Waals surface area contributed by atoms with Gasteiger partial charge in [-0.1, -0.05) is 35.9 Å². The third kappa shape index (κ3) is 3.65. The van der Waals surface area contributed by atoms with Crippen LogP contribution in [0.5, 0.6) is 5.75 Å². The summed E-state index contributed by atoms with van der Waals surface area (Å²) in [6.07, 6.45) is 0.922. The van der Waals surface area contributed by atoms with Gasteiger partial charge in [-0.15, -0.1) is 0 Å². The van der Waals surface area contributed by atoms with Crippen molar-refractivity contribution in [3.05, 3.63) is 59.7 Å². The Bertz CT molecular complexity index is 771. The van der Waals surface area contributed by atoms with Gasteiger partial charge in [0.25, 0.3) is 0 Å². The maximum absolute atomic E-state index is 12.7. The van der Waals surface area contributed by atoms with Crippen LogP contribution < -0.4 is 15.0 Å². The highest BCUT2D eigenvalue weighted by Crippen LogP contribution is 2.27. The van der Waals surface area contributed by atoms with Gasteiger partial charge in [0.2, 0.25) is 11.8 Å². The second-order valence-electron chi connectivity index (χ2n) is 6.18. The lowest BCUT2D eigenvalue weighted by molar-refractivity contribution is -0.124. The van der Waals surface area contributed by atoms with Crippen LogP contribution in [0.4, 0.5) is 5.69 Å². The molecule has 1 aliphatic heterocycles. The first kappa shape index (κ1) is 17.0. The number of amides is 2. The van der Waals surface area contributed by atoms with Crippen molar-refractivity contribution in [1.29, 1.82) is 0 Å². The molecule has 3 rings (SSSR count). The third-order valence-electron chi connectivity index (χ3n) is 4.47. The van der Waals surface area contributed by atoms with E-state index < -0.39 is 6.04 Å². The molecule has 0 bridgehead atoms. The van der Waals surface area contributed by atoms with Gasteiger partial charge >= 0.3 is 0 Å². The highest BCUT2D eigenvalue weighted by Gasteiger charge is 2.36. The minimum absolute atomic E-state index is 0.0127. The average molecular weight is 338 g/mol. The molecule has 0 saturated carbocycles. The van der Waals surface area contributed by atoms with Crippen molar-refractivity contribution in [2.75, 3.05) is 12.0 Å². The number of hydrogen-bond donors (Lipinski definition) is 1. The Kier molecular flexibility index (Phi) is 5.03. The Morgan fingerprint density at radius 2 is 1.92 bits per heavy atom. The summed E-state index contributed by atoms with van der Waals surface area (Å²) >= 11 is 0. The van der Waals surface area contributed by atoms with Gasteiger partial charge in [0.05, 0.1) is 7.11 Å². The summed E-state index contributed by atoms with van der Waals surface area (Å²) in [6.45, 7) is 2.36. The minimum Gasteiger partial charge on any atom is -0.496 e. The standard InChI is InChI=1S/C20H22N2O3/c1-14-7-9-16(10-8-14)22-17(11-12-19(22)23)20(24)21-13-15-5-3-4-6-18(15)25-2/h3-10,17H,11-13H2,1-2H3,(H,21,24). The number of rotatable bonds is 5. The quantitative estimate of drug-likeness (QED) is 0.912. The van der Waals surface area contributed by atoms with E-state index in [9.17, 15) is 9.59 Å². The molecule has 2 aromatic carbocycles. The molecule has 1 fully saturated rings. The molecular formula is C20H22N2O3. The maximum atomic E-state index is 12.7. The van der Waals surface area contributed by atoms with Crippen LogP contribution in [-0.4, -0.2) is 25.0 Å². The second kappa shape index (κ2) is 7.38. The smallest absolute Gasteiger partial charge is 0.243 e. The summed E-state index contributed by atoms with van der Waals surface area (Å²) in [7, 11) is 1.61. The van der Waals surface area contributed by atoms with Crippen molar-refractivity contribution in [2.24, 2.45) is 0 Å². The number of hydrogen-bond acceptors (Lipinski definition) is 3.